The summed E-state index contributed by atoms with van der Waals surface area (Å²) in [5, 5.41) is 14.7. The molecule has 3 heterocycles. The predicted molar refractivity (Wildman–Crippen MR) is 137 cm³/mol. The molecule has 5 aromatic rings. The number of hydrogen-bond acceptors (Lipinski definition) is 7. The average molecular weight is 460 g/mol. The molecule has 0 aliphatic rings. The van der Waals surface area contributed by atoms with Crippen molar-refractivity contribution in [1.82, 2.24) is 25.1 Å². The second-order valence-corrected chi connectivity index (χ2v) is 7.42. The van der Waals surface area contributed by atoms with Crippen LogP contribution in [0.15, 0.2) is 108 Å². The van der Waals surface area contributed by atoms with Gasteiger partial charge in [-0.2, -0.15) is 4.99 Å². The summed E-state index contributed by atoms with van der Waals surface area (Å²) >= 11 is 0. The molecule has 0 aliphatic heterocycles. The van der Waals surface area contributed by atoms with Crippen molar-refractivity contribution in [3.8, 4) is 22.6 Å². The van der Waals surface area contributed by atoms with Crippen molar-refractivity contribution in [2.75, 3.05) is 10.6 Å². The van der Waals surface area contributed by atoms with Crippen LogP contribution in [0.1, 0.15) is 0 Å². The number of rotatable bonds is 6. The molecular weight excluding hydrogens is 438 g/mol. The maximum absolute atomic E-state index is 6.15. The fraction of sp³-hybridized carbons (Fsp3) is 0. The monoisotopic (exact) mass is 459 g/mol. The molecule has 0 saturated carbocycles. The van der Waals surface area contributed by atoms with Gasteiger partial charge in [0.05, 0.1) is 28.5 Å². The van der Waals surface area contributed by atoms with E-state index in [2.05, 4.69) is 40.8 Å². The number of pyridine rings is 1. The number of guanidine groups is 1. The second kappa shape index (κ2) is 10.2. The Morgan fingerprint density at radius 3 is 2.23 bits per heavy atom. The molecule has 9 nitrogen and oxygen atoms in total. The van der Waals surface area contributed by atoms with Gasteiger partial charge in [0.25, 0.3) is 0 Å². The first kappa shape index (κ1) is 21.7. The lowest BCUT2D eigenvalue weighted by molar-refractivity contribution is 1.03. The van der Waals surface area contributed by atoms with Gasteiger partial charge < -0.3 is 16.4 Å². The van der Waals surface area contributed by atoms with Crippen LogP contribution in [0.4, 0.5) is 23.1 Å². The maximum Gasteiger partial charge on any atom is 0.227 e. The van der Waals surface area contributed by atoms with E-state index < -0.39 is 0 Å². The molecule has 0 atom stereocenters. The van der Waals surface area contributed by atoms with E-state index in [1.807, 2.05) is 84.9 Å². The summed E-state index contributed by atoms with van der Waals surface area (Å²) in [6.07, 6.45) is 3.41. The van der Waals surface area contributed by atoms with Crippen LogP contribution in [0.5, 0.6) is 0 Å². The fourth-order valence-electron chi connectivity index (χ4n) is 3.33. The van der Waals surface area contributed by atoms with Gasteiger partial charge in [-0.05, 0) is 42.5 Å². The zero-order chi connectivity index (χ0) is 23.9. The SMILES string of the molecule is NC(=Nc1ccc(-c2ccccc2)nn1)Nc1ccccc1Nc1nccc(-c2ccccn2)n1. The highest BCUT2D eigenvalue weighted by atomic mass is 15.2. The van der Waals surface area contributed by atoms with Gasteiger partial charge in [0, 0.05) is 18.0 Å². The third-order valence-corrected chi connectivity index (χ3v) is 4.97. The molecule has 170 valence electrons. The summed E-state index contributed by atoms with van der Waals surface area (Å²) in [6.45, 7) is 0. The topological polar surface area (TPSA) is 127 Å². The van der Waals surface area contributed by atoms with Gasteiger partial charge in [0.15, 0.2) is 11.8 Å². The molecule has 9 heteroatoms. The van der Waals surface area contributed by atoms with Gasteiger partial charge in [0.1, 0.15) is 0 Å². The van der Waals surface area contributed by atoms with Crippen molar-refractivity contribution in [3.63, 3.8) is 0 Å². The lowest BCUT2D eigenvalue weighted by atomic mass is 10.1. The highest BCUT2D eigenvalue weighted by Gasteiger charge is 2.08. The van der Waals surface area contributed by atoms with E-state index in [9.17, 15) is 0 Å². The van der Waals surface area contributed by atoms with Gasteiger partial charge in [-0.25, -0.2) is 9.97 Å². The number of nitrogens with one attached hydrogen (secondary N) is 2. The molecule has 0 amide bonds. The summed E-state index contributed by atoms with van der Waals surface area (Å²) < 4.78 is 0. The molecule has 0 fully saturated rings. The summed E-state index contributed by atoms with van der Waals surface area (Å²) in [4.78, 5) is 17.6. The normalized spacial score (nSPS) is 11.1. The highest BCUT2D eigenvalue weighted by Crippen LogP contribution is 2.25. The van der Waals surface area contributed by atoms with Crippen molar-refractivity contribution in [2.24, 2.45) is 10.7 Å². The van der Waals surface area contributed by atoms with E-state index in [1.165, 1.54) is 0 Å². The zero-order valence-electron chi connectivity index (χ0n) is 18.6. The van der Waals surface area contributed by atoms with Gasteiger partial charge in [-0.15, -0.1) is 10.2 Å². The highest BCUT2D eigenvalue weighted by molar-refractivity contribution is 5.97. The second-order valence-electron chi connectivity index (χ2n) is 7.42. The molecule has 0 radical (unpaired) electrons. The average Bonchev–Trinajstić information content (AvgIpc) is 2.91. The first-order valence-electron chi connectivity index (χ1n) is 10.9. The van der Waals surface area contributed by atoms with Crippen LogP contribution >= 0.6 is 0 Å². The molecule has 0 saturated heterocycles. The van der Waals surface area contributed by atoms with Crippen molar-refractivity contribution in [2.45, 2.75) is 0 Å². The van der Waals surface area contributed by atoms with Crippen LogP contribution in [0.25, 0.3) is 22.6 Å². The number of hydrogen-bond donors (Lipinski definition) is 3. The molecule has 5 rings (SSSR count). The Balaban J connectivity index is 1.32. The van der Waals surface area contributed by atoms with E-state index in [1.54, 1.807) is 18.5 Å². The number of anilines is 3. The van der Waals surface area contributed by atoms with E-state index in [4.69, 9.17) is 5.73 Å². The molecule has 0 unspecified atom stereocenters. The summed E-state index contributed by atoms with van der Waals surface area (Å²) in [6, 6.07) is 28.5. The van der Waals surface area contributed by atoms with E-state index in [0.29, 0.717) is 23.1 Å². The quantitative estimate of drug-likeness (QED) is 0.244. The Kier molecular flexibility index (Phi) is 6.30. The molecule has 4 N–H and O–H groups in total. The third kappa shape index (κ3) is 5.42. The van der Waals surface area contributed by atoms with Crippen LogP contribution in [0, 0.1) is 0 Å². The summed E-state index contributed by atoms with van der Waals surface area (Å²) in [5.41, 5.74) is 10.8. The molecule has 0 aliphatic carbocycles. The van der Waals surface area contributed by atoms with Crippen molar-refractivity contribution >= 4 is 29.1 Å². The Morgan fingerprint density at radius 2 is 1.46 bits per heavy atom. The predicted octanol–water partition coefficient (Wildman–Crippen LogP) is 4.80. The van der Waals surface area contributed by atoms with E-state index in [0.717, 1.165) is 22.6 Å². The summed E-state index contributed by atoms with van der Waals surface area (Å²) in [7, 11) is 0. The Morgan fingerprint density at radius 1 is 0.657 bits per heavy atom. The number of aliphatic imine (C=N–C) groups is 1. The van der Waals surface area contributed by atoms with Gasteiger partial charge >= 0.3 is 0 Å². The zero-order valence-corrected chi connectivity index (χ0v) is 18.6. The van der Waals surface area contributed by atoms with Crippen LogP contribution in [0.2, 0.25) is 0 Å². The standard InChI is InChI=1S/C26H21N9/c27-25(33-24-14-13-19(34-35-24)18-8-2-1-3-9-18)30-21-11-4-5-12-22(21)31-26-29-17-15-23(32-26)20-10-6-7-16-28-20/h1-17H,(H,29,31,32)(H3,27,30,33,35). The number of nitrogens with two attached hydrogens (primary N) is 1. The Bertz CT molecular complexity index is 1440. The van der Waals surface area contributed by atoms with Crippen LogP contribution in [0.3, 0.4) is 0 Å². The minimum Gasteiger partial charge on any atom is -0.369 e. The Hall–Kier alpha value is -5.18. The molecular formula is C26H21N9. The molecule has 35 heavy (non-hydrogen) atoms. The first-order valence-corrected chi connectivity index (χ1v) is 10.9. The molecule has 0 bridgehead atoms. The van der Waals surface area contributed by atoms with Crippen LogP contribution in [-0.2, 0) is 0 Å². The van der Waals surface area contributed by atoms with Crippen LogP contribution in [-0.4, -0.2) is 31.1 Å². The van der Waals surface area contributed by atoms with Gasteiger partial charge in [0.2, 0.25) is 5.95 Å². The van der Waals surface area contributed by atoms with E-state index in [-0.39, 0.29) is 5.96 Å². The van der Waals surface area contributed by atoms with Gasteiger partial charge in [-0.3, -0.25) is 4.98 Å². The van der Waals surface area contributed by atoms with Gasteiger partial charge in [-0.1, -0.05) is 48.5 Å². The van der Waals surface area contributed by atoms with Crippen molar-refractivity contribution in [3.05, 3.63) is 103 Å². The fourth-order valence-corrected chi connectivity index (χ4v) is 3.33. The minimum atomic E-state index is 0.171. The van der Waals surface area contributed by atoms with Crippen LogP contribution < -0.4 is 16.4 Å². The van der Waals surface area contributed by atoms with Crippen molar-refractivity contribution < 1.29 is 0 Å². The smallest absolute Gasteiger partial charge is 0.227 e. The Labute approximate surface area is 201 Å². The largest absolute Gasteiger partial charge is 0.369 e. The van der Waals surface area contributed by atoms with Crippen molar-refractivity contribution in [1.29, 1.82) is 0 Å². The molecule has 0 spiro atoms. The molecule has 2 aromatic carbocycles. The number of aromatic nitrogens is 5. The lowest BCUT2D eigenvalue weighted by Crippen LogP contribution is -2.22. The number of benzene rings is 2. The minimum absolute atomic E-state index is 0.171. The summed E-state index contributed by atoms with van der Waals surface area (Å²) in [5.74, 6) is 0.996. The third-order valence-electron chi connectivity index (χ3n) is 4.97. The van der Waals surface area contributed by atoms with E-state index >= 15 is 0 Å². The first-order chi connectivity index (χ1) is 17.2. The maximum atomic E-state index is 6.15. The number of para-hydroxylation sites is 2. The molecule has 3 aromatic heterocycles. The number of nitrogens with zero attached hydrogens (tertiary/aromatic N) is 6. The lowest BCUT2D eigenvalue weighted by Gasteiger charge is -2.13.